The van der Waals surface area contributed by atoms with Crippen LogP contribution in [0.1, 0.15) is 16.7 Å². The third kappa shape index (κ3) is 3.75. The van der Waals surface area contributed by atoms with Crippen molar-refractivity contribution in [1.29, 1.82) is 0 Å². The number of hydrogen-bond acceptors (Lipinski definition) is 3. The summed E-state index contributed by atoms with van der Waals surface area (Å²) in [6.07, 6.45) is 0. The van der Waals surface area contributed by atoms with Crippen LogP contribution in [0.15, 0.2) is 36.4 Å². The van der Waals surface area contributed by atoms with Crippen LogP contribution in [0.2, 0.25) is 0 Å². The molecule has 0 bridgehead atoms. The van der Waals surface area contributed by atoms with Gasteiger partial charge in [0, 0.05) is 5.69 Å². The first-order valence-electron chi connectivity index (χ1n) is 6.76. The summed E-state index contributed by atoms with van der Waals surface area (Å²) < 4.78 is 5.60. The van der Waals surface area contributed by atoms with Gasteiger partial charge in [0.15, 0.2) is 6.61 Å². The van der Waals surface area contributed by atoms with Crippen LogP contribution in [0.5, 0.6) is 11.5 Å². The number of carbonyl (C=O) groups is 1. The number of amides is 1. The van der Waals surface area contributed by atoms with Crippen LogP contribution in [0.3, 0.4) is 0 Å². The normalized spacial score (nSPS) is 10.2. The maximum absolute atomic E-state index is 11.9. The Morgan fingerprint density at radius 1 is 1.10 bits per heavy atom. The van der Waals surface area contributed by atoms with E-state index in [1.807, 2.05) is 39.0 Å². The Bertz CT molecular complexity index is 645. The lowest BCUT2D eigenvalue weighted by atomic mass is 10.1. The van der Waals surface area contributed by atoms with E-state index in [0.717, 1.165) is 22.4 Å². The molecule has 110 valence electrons. The molecule has 2 aromatic rings. The molecule has 4 heteroatoms. The minimum Gasteiger partial charge on any atom is -0.508 e. The Morgan fingerprint density at radius 2 is 1.76 bits per heavy atom. The molecule has 0 aliphatic carbocycles. The highest BCUT2D eigenvalue weighted by molar-refractivity contribution is 5.92. The summed E-state index contributed by atoms with van der Waals surface area (Å²) >= 11 is 0. The lowest BCUT2D eigenvalue weighted by molar-refractivity contribution is -0.118. The molecule has 0 unspecified atom stereocenters. The van der Waals surface area contributed by atoms with Crippen LogP contribution >= 0.6 is 0 Å². The van der Waals surface area contributed by atoms with Crippen molar-refractivity contribution < 1.29 is 14.6 Å². The fourth-order valence-electron chi connectivity index (χ4n) is 2.14. The molecule has 0 radical (unpaired) electrons. The molecule has 0 aliphatic rings. The number of phenols is 1. The molecule has 4 nitrogen and oxygen atoms in total. The molecular weight excluding hydrogens is 266 g/mol. The fraction of sp³-hybridized carbons (Fsp3) is 0.235. The largest absolute Gasteiger partial charge is 0.508 e. The van der Waals surface area contributed by atoms with E-state index < -0.39 is 0 Å². The highest BCUT2D eigenvalue weighted by Gasteiger charge is 2.09. The first-order valence-corrected chi connectivity index (χ1v) is 6.76. The quantitative estimate of drug-likeness (QED) is 0.847. The summed E-state index contributed by atoms with van der Waals surface area (Å²) in [5.74, 6) is 0.693. The second-order valence-electron chi connectivity index (χ2n) is 5.06. The fourth-order valence-corrected chi connectivity index (χ4v) is 2.14. The highest BCUT2D eigenvalue weighted by atomic mass is 16.5. The van der Waals surface area contributed by atoms with Crippen molar-refractivity contribution in [3.8, 4) is 11.5 Å². The lowest BCUT2D eigenvalue weighted by Gasteiger charge is -2.13. The highest BCUT2D eigenvalue weighted by Crippen LogP contribution is 2.23. The zero-order valence-corrected chi connectivity index (χ0v) is 12.4. The number of carbonyl (C=O) groups excluding carboxylic acids is 1. The van der Waals surface area contributed by atoms with Crippen molar-refractivity contribution in [2.24, 2.45) is 0 Å². The number of benzene rings is 2. The number of rotatable bonds is 4. The van der Waals surface area contributed by atoms with Crippen molar-refractivity contribution >= 4 is 11.6 Å². The van der Waals surface area contributed by atoms with E-state index in [9.17, 15) is 9.90 Å². The average Bonchev–Trinajstić information content (AvgIpc) is 2.41. The first-order chi connectivity index (χ1) is 9.97. The van der Waals surface area contributed by atoms with Gasteiger partial charge in [-0.1, -0.05) is 18.2 Å². The number of aromatic hydroxyl groups is 1. The molecule has 21 heavy (non-hydrogen) atoms. The number of ether oxygens (including phenoxy) is 1. The predicted octanol–water partition coefficient (Wildman–Crippen LogP) is 3.33. The van der Waals surface area contributed by atoms with Gasteiger partial charge in [0.05, 0.1) is 0 Å². The van der Waals surface area contributed by atoms with Gasteiger partial charge >= 0.3 is 0 Å². The van der Waals surface area contributed by atoms with Crippen LogP contribution in [0.4, 0.5) is 5.69 Å². The molecule has 0 saturated carbocycles. The third-order valence-electron chi connectivity index (χ3n) is 3.24. The van der Waals surface area contributed by atoms with Crippen molar-refractivity contribution in [2.75, 3.05) is 11.9 Å². The standard InChI is InChI=1S/C17H19NO3/c1-11-5-4-6-12(2)17(11)21-10-16(20)18-15-8-7-14(19)9-13(15)3/h4-9,19H,10H2,1-3H3,(H,18,20). The van der Waals surface area contributed by atoms with E-state index in [1.54, 1.807) is 12.1 Å². The monoisotopic (exact) mass is 285 g/mol. The summed E-state index contributed by atoms with van der Waals surface area (Å²) in [5.41, 5.74) is 3.48. The molecule has 2 N–H and O–H groups in total. The van der Waals surface area contributed by atoms with Crippen molar-refractivity contribution in [1.82, 2.24) is 0 Å². The molecule has 1 amide bonds. The van der Waals surface area contributed by atoms with Crippen molar-refractivity contribution in [2.45, 2.75) is 20.8 Å². The number of anilines is 1. The van der Waals surface area contributed by atoms with E-state index in [0.29, 0.717) is 5.69 Å². The van der Waals surface area contributed by atoms with Crippen LogP contribution in [-0.2, 0) is 4.79 Å². The minimum absolute atomic E-state index is 0.0496. The molecule has 0 fully saturated rings. The topological polar surface area (TPSA) is 58.6 Å². The second kappa shape index (κ2) is 6.31. The van der Waals surface area contributed by atoms with Crippen LogP contribution in [-0.4, -0.2) is 17.6 Å². The van der Waals surface area contributed by atoms with Gasteiger partial charge in [-0.05, 0) is 55.7 Å². The number of hydrogen-bond donors (Lipinski definition) is 2. The summed E-state index contributed by atoms with van der Waals surface area (Å²) in [5, 5.41) is 12.1. The van der Waals surface area contributed by atoms with Gasteiger partial charge in [-0.25, -0.2) is 0 Å². The molecular formula is C17H19NO3. The number of para-hydroxylation sites is 1. The SMILES string of the molecule is Cc1cc(O)ccc1NC(=O)COc1c(C)cccc1C. The van der Waals surface area contributed by atoms with E-state index in [2.05, 4.69) is 5.32 Å². The van der Waals surface area contributed by atoms with Gasteiger partial charge in [0.25, 0.3) is 5.91 Å². The Morgan fingerprint density at radius 3 is 2.38 bits per heavy atom. The van der Waals surface area contributed by atoms with Gasteiger partial charge in [0.1, 0.15) is 11.5 Å². The Labute approximate surface area is 124 Å². The second-order valence-corrected chi connectivity index (χ2v) is 5.06. The van der Waals surface area contributed by atoms with Crippen LogP contribution in [0, 0.1) is 20.8 Å². The predicted molar refractivity (Wildman–Crippen MR) is 82.9 cm³/mol. The molecule has 0 atom stereocenters. The van der Waals surface area contributed by atoms with E-state index in [4.69, 9.17) is 4.74 Å². The van der Waals surface area contributed by atoms with Gasteiger partial charge < -0.3 is 15.2 Å². The zero-order chi connectivity index (χ0) is 15.4. The molecule has 0 heterocycles. The van der Waals surface area contributed by atoms with Gasteiger partial charge in [0.2, 0.25) is 0 Å². The Balaban J connectivity index is 1.99. The summed E-state index contributed by atoms with van der Waals surface area (Å²) in [7, 11) is 0. The smallest absolute Gasteiger partial charge is 0.262 e. The van der Waals surface area contributed by atoms with Crippen LogP contribution < -0.4 is 10.1 Å². The molecule has 2 rings (SSSR count). The van der Waals surface area contributed by atoms with E-state index in [1.165, 1.54) is 6.07 Å². The third-order valence-corrected chi connectivity index (χ3v) is 3.24. The summed E-state index contributed by atoms with van der Waals surface area (Å²) in [6.45, 7) is 5.67. The number of aryl methyl sites for hydroxylation is 3. The van der Waals surface area contributed by atoms with Gasteiger partial charge in [-0.15, -0.1) is 0 Å². The van der Waals surface area contributed by atoms with Gasteiger partial charge in [-0.3, -0.25) is 4.79 Å². The Hall–Kier alpha value is -2.49. The molecule has 0 aromatic heterocycles. The van der Waals surface area contributed by atoms with Gasteiger partial charge in [-0.2, -0.15) is 0 Å². The first kappa shape index (κ1) is 14.9. The van der Waals surface area contributed by atoms with Crippen LogP contribution in [0.25, 0.3) is 0 Å². The minimum atomic E-state index is -0.230. The van der Waals surface area contributed by atoms with Crippen molar-refractivity contribution in [3.05, 3.63) is 53.1 Å². The molecule has 0 spiro atoms. The van der Waals surface area contributed by atoms with E-state index in [-0.39, 0.29) is 18.3 Å². The Kier molecular flexibility index (Phi) is 4.48. The molecule has 2 aromatic carbocycles. The zero-order valence-electron chi connectivity index (χ0n) is 12.4. The van der Waals surface area contributed by atoms with Crippen molar-refractivity contribution in [3.63, 3.8) is 0 Å². The lowest BCUT2D eigenvalue weighted by Crippen LogP contribution is -2.21. The maximum atomic E-state index is 11.9. The maximum Gasteiger partial charge on any atom is 0.262 e. The van der Waals surface area contributed by atoms with E-state index >= 15 is 0 Å². The molecule has 0 saturated heterocycles. The average molecular weight is 285 g/mol. The summed E-state index contributed by atoms with van der Waals surface area (Å²) in [6, 6.07) is 10.7. The molecule has 0 aliphatic heterocycles. The number of phenolic OH excluding ortho intramolecular Hbond substituents is 1. The summed E-state index contributed by atoms with van der Waals surface area (Å²) in [4.78, 5) is 11.9. The number of nitrogens with one attached hydrogen (secondary N) is 1.